The van der Waals surface area contributed by atoms with Gasteiger partial charge in [0.05, 0.1) is 0 Å². The van der Waals surface area contributed by atoms with Crippen LogP contribution in [0, 0.1) is 0 Å². The van der Waals surface area contributed by atoms with Crippen molar-refractivity contribution in [3.63, 3.8) is 0 Å². The zero-order valence-corrected chi connectivity index (χ0v) is 8.25. The van der Waals surface area contributed by atoms with E-state index in [1.165, 1.54) is 0 Å². The summed E-state index contributed by atoms with van der Waals surface area (Å²) in [7, 11) is 0. The minimum atomic E-state index is -1.94. The maximum absolute atomic E-state index is 8.78. The Morgan fingerprint density at radius 3 is 0.765 bits per heavy atom. The predicted octanol–water partition coefficient (Wildman–Crippen LogP) is -4.84. The molecule has 3 N–H and O–H groups in total. The Morgan fingerprint density at radius 1 is 0.706 bits per heavy atom. The van der Waals surface area contributed by atoms with Gasteiger partial charge in [0, 0.05) is 0 Å². The molecule has 17 heavy (non-hydrogen) atoms. The number of hydrogen-bond acceptors (Lipinski definition) is 12. The summed E-state index contributed by atoms with van der Waals surface area (Å²) in [6.07, 6.45) is -5.82. The van der Waals surface area contributed by atoms with Crippen LogP contribution in [0.1, 0.15) is 0 Å². The molecule has 0 saturated carbocycles. The van der Waals surface area contributed by atoms with Crippen LogP contribution in [0.3, 0.4) is 0 Å². The van der Waals surface area contributed by atoms with Crippen LogP contribution < -0.4 is 15.3 Å². The van der Waals surface area contributed by atoms with Crippen LogP contribution in [0.5, 0.6) is 0 Å². The van der Waals surface area contributed by atoms with E-state index >= 15 is 0 Å². The molecule has 0 radical (unpaired) electrons. The fraction of sp³-hybridized carbons (Fsp3) is 0. The van der Waals surface area contributed by atoms with E-state index in [-0.39, 0.29) is 55.1 Å². The van der Waals surface area contributed by atoms with Crippen molar-refractivity contribution in [1.82, 2.24) is 0 Å². The third-order valence-electron chi connectivity index (χ3n) is 0.224. The van der Waals surface area contributed by atoms with Gasteiger partial charge in [0.15, 0.2) is 0 Å². The predicted molar refractivity (Wildman–Crippen MR) is 41.6 cm³/mol. The second kappa shape index (κ2) is 24.6. The molecule has 0 aromatic rings. The molecule has 0 heterocycles. The Kier molecular flexibility index (Phi) is 43.4. The molecule has 0 amide bonds. The molecule has 0 atom stereocenters. The SMILES string of the molecule is O=C([O-])OO.O=C([O-])OO.O=C([O-])OO.[Al+3].[CaH2]. The molecule has 0 saturated heterocycles. The van der Waals surface area contributed by atoms with Crippen LogP contribution in [0.15, 0.2) is 0 Å². The van der Waals surface area contributed by atoms with Crippen LogP contribution in [-0.2, 0) is 14.7 Å². The van der Waals surface area contributed by atoms with E-state index in [4.69, 9.17) is 45.5 Å². The molecule has 0 aliphatic rings. The molecule has 0 aliphatic carbocycles. The van der Waals surface area contributed by atoms with Gasteiger partial charge in [0.25, 0.3) is 18.5 Å². The van der Waals surface area contributed by atoms with Gasteiger partial charge in [-0.2, -0.15) is 0 Å². The van der Waals surface area contributed by atoms with E-state index in [1.807, 2.05) is 0 Å². The Hall–Kier alpha value is -0.518. The first-order valence-electron chi connectivity index (χ1n) is 2.38. The Morgan fingerprint density at radius 2 is 0.765 bits per heavy atom. The minimum absolute atomic E-state index is 0. The fourth-order valence-electron chi connectivity index (χ4n) is 0. The summed E-state index contributed by atoms with van der Waals surface area (Å²) >= 11 is 0. The third kappa shape index (κ3) is 93.6. The Labute approximate surface area is 133 Å². The second-order valence-electron chi connectivity index (χ2n) is 1.02. The summed E-state index contributed by atoms with van der Waals surface area (Å²) in [5, 5.41) is 47.3. The van der Waals surface area contributed by atoms with Crippen molar-refractivity contribution in [3.05, 3.63) is 0 Å². The summed E-state index contributed by atoms with van der Waals surface area (Å²) in [6, 6.07) is 0. The fourth-order valence-corrected chi connectivity index (χ4v) is 0. The first-order chi connectivity index (χ1) is 6.81. The van der Waals surface area contributed by atoms with E-state index in [9.17, 15) is 0 Å². The van der Waals surface area contributed by atoms with Crippen LogP contribution >= 0.6 is 0 Å². The number of carboxylic acid groups (broad SMARTS) is 3. The monoisotopic (exact) mass is 300 g/mol. The van der Waals surface area contributed by atoms with E-state index in [0.29, 0.717) is 0 Å². The number of carbonyl (C=O) groups is 3. The van der Waals surface area contributed by atoms with E-state index in [0.717, 1.165) is 0 Å². The van der Waals surface area contributed by atoms with Crippen LogP contribution in [0.2, 0.25) is 0 Å². The van der Waals surface area contributed by atoms with Crippen molar-refractivity contribution in [3.8, 4) is 0 Å². The van der Waals surface area contributed by atoms with E-state index in [1.54, 1.807) is 0 Å². The molecule has 0 spiro atoms. The van der Waals surface area contributed by atoms with Gasteiger partial charge in [0.1, 0.15) is 0 Å². The number of rotatable bonds is 0. The average molecular weight is 300 g/mol. The molecule has 0 bridgehead atoms. The summed E-state index contributed by atoms with van der Waals surface area (Å²) < 4.78 is 0. The summed E-state index contributed by atoms with van der Waals surface area (Å²) in [5.41, 5.74) is 0. The van der Waals surface area contributed by atoms with Crippen LogP contribution in [-0.4, -0.2) is 89.3 Å². The molecule has 94 valence electrons. The van der Waals surface area contributed by atoms with Crippen molar-refractivity contribution >= 4 is 73.6 Å². The van der Waals surface area contributed by atoms with Crippen molar-refractivity contribution in [2.45, 2.75) is 0 Å². The van der Waals surface area contributed by atoms with E-state index in [2.05, 4.69) is 14.7 Å². The van der Waals surface area contributed by atoms with Crippen molar-refractivity contribution < 1.29 is 60.1 Å². The molecule has 0 rings (SSSR count). The first-order valence-corrected chi connectivity index (χ1v) is 2.38. The molecule has 0 aliphatic heterocycles. The van der Waals surface area contributed by atoms with Crippen LogP contribution in [0.4, 0.5) is 14.4 Å². The third-order valence-corrected chi connectivity index (χ3v) is 0.224. The maximum atomic E-state index is 8.78. The Bertz CT molecular complexity index is 161. The van der Waals surface area contributed by atoms with Gasteiger partial charge in [0.2, 0.25) is 0 Å². The molecule has 0 fully saturated rings. The number of carbonyl (C=O) groups excluding carboxylic acids is 3. The molecular weight excluding hydrogens is 295 g/mol. The van der Waals surface area contributed by atoms with Gasteiger partial charge >= 0.3 is 55.1 Å². The number of hydrogen-bond donors (Lipinski definition) is 3. The van der Waals surface area contributed by atoms with Gasteiger partial charge in [-0.25, -0.2) is 0 Å². The molecule has 12 nitrogen and oxygen atoms in total. The van der Waals surface area contributed by atoms with Gasteiger partial charge in [-0.05, 0) is 0 Å². The van der Waals surface area contributed by atoms with Crippen molar-refractivity contribution in [1.29, 1.82) is 0 Å². The summed E-state index contributed by atoms with van der Waals surface area (Å²) in [4.78, 5) is 34.0. The van der Waals surface area contributed by atoms with Crippen molar-refractivity contribution in [2.75, 3.05) is 0 Å². The van der Waals surface area contributed by atoms with Gasteiger partial charge in [-0.15, -0.1) is 0 Å². The van der Waals surface area contributed by atoms with Crippen LogP contribution in [0.25, 0.3) is 0 Å². The second-order valence-corrected chi connectivity index (χ2v) is 1.02. The standard InChI is InChI=1S/3CH2O4.Al.Ca.2H/c3*2-1(3)5-4;;;;/h3*4H,(H,2,3);;;;/q;;;+3;;;/p-3. The normalized spacial score (nSPS) is 5.82. The zero-order valence-electron chi connectivity index (χ0n) is 7.09. The molecule has 0 aromatic heterocycles. The van der Waals surface area contributed by atoms with Gasteiger partial charge in [-0.3, -0.25) is 15.8 Å². The quantitative estimate of drug-likeness (QED) is 0.166. The zero-order chi connectivity index (χ0) is 12.9. The van der Waals surface area contributed by atoms with Crippen molar-refractivity contribution in [2.24, 2.45) is 0 Å². The first kappa shape index (κ1) is 30.0. The molecule has 0 unspecified atom stereocenters. The summed E-state index contributed by atoms with van der Waals surface area (Å²) in [5.74, 6) is 0. The molecular formula is C3H5AlCaO12. The van der Waals surface area contributed by atoms with Gasteiger partial charge < -0.3 is 44.4 Å². The summed E-state index contributed by atoms with van der Waals surface area (Å²) in [6.45, 7) is 0. The average Bonchev–Trinajstić information content (AvgIpc) is 2.19. The Balaban J connectivity index is -0.0000000400. The molecule has 14 heteroatoms. The molecule has 0 aromatic carbocycles. The topological polar surface area (TPSA) is 209 Å². The van der Waals surface area contributed by atoms with Gasteiger partial charge in [-0.1, -0.05) is 0 Å². The van der Waals surface area contributed by atoms with E-state index < -0.39 is 18.5 Å².